The number of rotatable bonds is 3. The van der Waals surface area contributed by atoms with Crippen LogP contribution in [0.4, 0.5) is 5.69 Å². The van der Waals surface area contributed by atoms with Crippen LogP contribution < -0.4 is 10.5 Å². The number of aromatic carboxylic acids is 1. The van der Waals surface area contributed by atoms with E-state index in [0.717, 1.165) is 0 Å². The number of benzene rings is 1. The van der Waals surface area contributed by atoms with Gasteiger partial charge in [-0.25, -0.2) is 9.78 Å². The van der Waals surface area contributed by atoms with Crippen LogP contribution in [0.1, 0.15) is 10.5 Å². The highest BCUT2D eigenvalue weighted by Gasteiger charge is 2.20. The van der Waals surface area contributed by atoms with E-state index in [9.17, 15) is 9.90 Å². The van der Waals surface area contributed by atoms with Crippen LogP contribution >= 0.6 is 0 Å². The number of nitrogen functional groups attached to an aromatic ring is 1. The van der Waals surface area contributed by atoms with E-state index in [2.05, 4.69) is 4.98 Å². The van der Waals surface area contributed by atoms with Crippen LogP contribution in [0.15, 0.2) is 42.6 Å². The number of aromatic nitrogens is 2. The lowest BCUT2D eigenvalue weighted by Crippen LogP contribution is -2.03. The fourth-order valence-electron chi connectivity index (χ4n) is 2.28. The van der Waals surface area contributed by atoms with Gasteiger partial charge in [-0.2, -0.15) is 0 Å². The summed E-state index contributed by atoms with van der Waals surface area (Å²) in [6.07, 6.45) is 1.67. The lowest BCUT2D eigenvalue weighted by molar-refractivity contribution is 0.0690. The number of hydrogen-bond acceptors (Lipinski definition) is 4. The minimum absolute atomic E-state index is 0.107. The van der Waals surface area contributed by atoms with Gasteiger partial charge in [0.15, 0.2) is 5.69 Å². The Bertz CT molecular complexity index is 839. The first-order valence-electron chi connectivity index (χ1n) is 6.26. The van der Waals surface area contributed by atoms with Crippen molar-refractivity contribution in [2.75, 3.05) is 12.8 Å². The normalized spacial score (nSPS) is 10.7. The lowest BCUT2D eigenvalue weighted by Gasteiger charge is -2.06. The van der Waals surface area contributed by atoms with E-state index in [4.69, 9.17) is 10.5 Å². The predicted molar refractivity (Wildman–Crippen MR) is 78.6 cm³/mol. The summed E-state index contributed by atoms with van der Waals surface area (Å²) in [4.78, 5) is 15.9. The smallest absolute Gasteiger partial charge is 0.355 e. The van der Waals surface area contributed by atoms with Crippen molar-refractivity contribution in [3.8, 4) is 17.0 Å². The molecule has 1 aromatic carbocycles. The van der Waals surface area contributed by atoms with Crippen LogP contribution in [-0.2, 0) is 0 Å². The standard InChI is InChI=1S/C15H13N3O3/c1-21-11-6-5-9(8-10(11)16)13-14(15(19)20)18-7-3-2-4-12(18)17-13/h2-8H,16H2,1H3,(H,19,20). The molecule has 0 amide bonds. The Balaban J connectivity index is 2.27. The zero-order valence-corrected chi connectivity index (χ0v) is 11.3. The fraction of sp³-hybridized carbons (Fsp3) is 0.0667. The van der Waals surface area contributed by atoms with Gasteiger partial charge in [-0.15, -0.1) is 0 Å². The summed E-state index contributed by atoms with van der Waals surface area (Å²) in [6, 6.07) is 10.4. The number of hydrogen-bond donors (Lipinski definition) is 2. The van der Waals surface area contributed by atoms with Crippen LogP contribution in [0.5, 0.6) is 5.75 Å². The highest BCUT2D eigenvalue weighted by molar-refractivity contribution is 5.95. The molecule has 0 unspecified atom stereocenters. The number of ether oxygens (including phenoxy) is 1. The number of nitrogens with zero attached hydrogens (tertiary/aromatic N) is 2. The molecular weight excluding hydrogens is 270 g/mol. The summed E-state index contributed by atoms with van der Waals surface area (Å²) >= 11 is 0. The van der Waals surface area contributed by atoms with Crippen LogP contribution in [0.2, 0.25) is 0 Å². The van der Waals surface area contributed by atoms with Crippen molar-refractivity contribution in [1.29, 1.82) is 0 Å². The van der Waals surface area contributed by atoms with E-state index < -0.39 is 5.97 Å². The van der Waals surface area contributed by atoms with Gasteiger partial charge in [0.25, 0.3) is 0 Å². The molecule has 2 aromatic heterocycles. The summed E-state index contributed by atoms with van der Waals surface area (Å²) in [5.41, 5.74) is 8.00. The molecule has 0 fully saturated rings. The SMILES string of the molecule is COc1ccc(-c2nc3ccccn3c2C(=O)O)cc1N. The quantitative estimate of drug-likeness (QED) is 0.720. The van der Waals surface area contributed by atoms with Gasteiger partial charge in [-0.3, -0.25) is 4.40 Å². The third kappa shape index (κ3) is 2.06. The molecule has 0 atom stereocenters. The monoisotopic (exact) mass is 283 g/mol. The molecule has 6 heteroatoms. The molecule has 3 rings (SSSR count). The van der Waals surface area contributed by atoms with E-state index >= 15 is 0 Å². The Morgan fingerprint density at radius 1 is 1.33 bits per heavy atom. The molecule has 0 bridgehead atoms. The van der Waals surface area contributed by atoms with Gasteiger partial charge < -0.3 is 15.6 Å². The number of carbonyl (C=O) groups is 1. The van der Waals surface area contributed by atoms with Crippen molar-refractivity contribution in [3.63, 3.8) is 0 Å². The molecule has 0 saturated heterocycles. The Morgan fingerprint density at radius 2 is 2.14 bits per heavy atom. The number of methoxy groups -OCH3 is 1. The van der Waals surface area contributed by atoms with Gasteiger partial charge in [0.1, 0.15) is 17.1 Å². The van der Waals surface area contributed by atoms with Crippen molar-refractivity contribution >= 4 is 17.3 Å². The van der Waals surface area contributed by atoms with Crippen molar-refractivity contribution < 1.29 is 14.6 Å². The molecule has 0 saturated carbocycles. The Hall–Kier alpha value is -3.02. The average molecular weight is 283 g/mol. The molecule has 2 heterocycles. The number of anilines is 1. The van der Waals surface area contributed by atoms with E-state index in [-0.39, 0.29) is 5.69 Å². The molecule has 0 spiro atoms. The molecular formula is C15H13N3O3. The van der Waals surface area contributed by atoms with Crippen molar-refractivity contribution in [2.24, 2.45) is 0 Å². The van der Waals surface area contributed by atoms with Crippen molar-refractivity contribution in [1.82, 2.24) is 9.38 Å². The highest BCUT2D eigenvalue weighted by Crippen LogP contribution is 2.30. The molecule has 3 N–H and O–H groups in total. The molecule has 0 radical (unpaired) electrons. The van der Waals surface area contributed by atoms with Gasteiger partial charge in [0, 0.05) is 11.8 Å². The highest BCUT2D eigenvalue weighted by atomic mass is 16.5. The Kier molecular flexibility index (Phi) is 2.98. The maximum Gasteiger partial charge on any atom is 0.355 e. The predicted octanol–water partition coefficient (Wildman–Crippen LogP) is 2.29. The molecule has 0 aliphatic rings. The topological polar surface area (TPSA) is 89.8 Å². The molecule has 0 aliphatic heterocycles. The van der Waals surface area contributed by atoms with Gasteiger partial charge in [-0.1, -0.05) is 6.07 Å². The van der Waals surface area contributed by atoms with E-state index in [1.165, 1.54) is 11.5 Å². The van der Waals surface area contributed by atoms with Crippen LogP contribution in [0.3, 0.4) is 0 Å². The van der Waals surface area contributed by atoms with Crippen LogP contribution in [0, 0.1) is 0 Å². The zero-order chi connectivity index (χ0) is 15.0. The first-order valence-corrected chi connectivity index (χ1v) is 6.26. The number of carboxylic acid groups (broad SMARTS) is 1. The number of fused-ring (bicyclic) bond motifs is 1. The minimum Gasteiger partial charge on any atom is -0.495 e. The molecule has 6 nitrogen and oxygen atoms in total. The van der Waals surface area contributed by atoms with E-state index in [1.54, 1.807) is 42.6 Å². The summed E-state index contributed by atoms with van der Waals surface area (Å²) in [6.45, 7) is 0. The summed E-state index contributed by atoms with van der Waals surface area (Å²) < 4.78 is 6.65. The third-order valence-electron chi connectivity index (χ3n) is 3.24. The number of pyridine rings is 1. The Morgan fingerprint density at radius 3 is 2.81 bits per heavy atom. The zero-order valence-electron chi connectivity index (χ0n) is 11.3. The molecule has 0 aliphatic carbocycles. The molecule has 3 aromatic rings. The first-order chi connectivity index (χ1) is 10.1. The van der Waals surface area contributed by atoms with Crippen LogP contribution in [-0.4, -0.2) is 27.6 Å². The summed E-state index contributed by atoms with van der Waals surface area (Å²) in [7, 11) is 1.53. The first kappa shape index (κ1) is 13.0. The second kappa shape index (κ2) is 4.82. The number of imidazole rings is 1. The lowest BCUT2D eigenvalue weighted by atomic mass is 10.1. The number of nitrogens with two attached hydrogens (primary N) is 1. The second-order valence-corrected chi connectivity index (χ2v) is 4.50. The van der Waals surface area contributed by atoms with E-state index in [0.29, 0.717) is 28.3 Å². The van der Waals surface area contributed by atoms with Crippen LogP contribution in [0.25, 0.3) is 16.9 Å². The summed E-state index contributed by atoms with van der Waals surface area (Å²) in [5, 5.41) is 9.47. The van der Waals surface area contributed by atoms with Crippen molar-refractivity contribution in [3.05, 3.63) is 48.3 Å². The van der Waals surface area contributed by atoms with Gasteiger partial charge in [0.2, 0.25) is 0 Å². The number of carboxylic acids is 1. The maximum absolute atomic E-state index is 11.6. The second-order valence-electron chi connectivity index (χ2n) is 4.50. The summed E-state index contributed by atoms with van der Waals surface area (Å²) in [5.74, 6) is -0.502. The van der Waals surface area contributed by atoms with Gasteiger partial charge >= 0.3 is 5.97 Å². The Labute approximate surface area is 120 Å². The minimum atomic E-state index is -1.04. The van der Waals surface area contributed by atoms with Gasteiger partial charge in [-0.05, 0) is 30.3 Å². The molecule has 106 valence electrons. The van der Waals surface area contributed by atoms with Crippen molar-refractivity contribution in [2.45, 2.75) is 0 Å². The largest absolute Gasteiger partial charge is 0.495 e. The van der Waals surface area contributed by atoms with Gasteiger partial charge in [0.05, 0.1) is 12.8 Å². The van der Waals surface area contributed by atoms with E-state index in [1.807, 2.05) is 0 Å². The maximum atomic E-state index is 11.6. The average Bonchev–Trinajstić information content (AvgIpc) is 2.86. The molecule has 21 heavy (non-hydrogen) atoms. The third-order valence-corrected chi connectivity index (χ3v) is 3.24. The fourth-order valence-corrected chi connectivity index (χ4v) is 2.28.